The minimum Gasteiger partial charge on any atom is -0.493 e. The van der Waals surface area contributed by atoms with Gasteiger partial charge < -0.3 is 9.47 Å². The number of benzene rings is 2. The maximum absolute atomic E-state index is 13.1. The molecule has 27 heavy (non-hydrogen) atoms. The number of rotatable bonds is 6. The molecule has 0 aliphatic rings. The number of nitrogens with zero attached hydrogens (tertiary/aromatic N) is 2. The lowest BCUT2D eigenvalue weighted by atomic mass is 10.2. The van der Waals surface area contributed by atoms with E-state index >= 15 is 0 Å². The smallest absolute Gasteiger partial charge is 0.269 e. The lowest BCUT2D eigenvalue weighted by Crippen LogP contribution is -2.13. The molecule has 0 unspecified atom stereocenters. The molecular formula is C19H19BrN2O4S. The Morgan fingerprint density at radius 2 is 1.89 bits per heavy atom. The summed E-state index contributed by atoms with van der Waals surface area (Å²) in [5.41, 5.74) is 1.57. The van der Waals surface area contributed by atoms with Crippen molar-refractivity contribution in [2.45, 2.75) is 18.7 Å². The average Bonchev–Trinajstić information content (AvgIpc) is 3.14. The van der Waals surface area contributed by atoms with Crippen LogP contribution in [0.5, 0.6) is 11.5 Å². The van der Waals surface area contributed by atoms with E-state index in [4.69, 9.17) is 9.47 Å². The van der Waals surface area contributed by atoms with E-state index in [9.17, 15) is 8.42 Å². The minimum absolute atomic E-state index is 0.198. The first-order valence-corrected chi connectivity index (χ1v) is 10.5. The quantitative estimate of drug-likeness (QED) is 0.560. The van der Waals surface area contributed by atoms with Crippen LogP contribution in [0.2, 0.25) is 0 Å². The van der Waals surface area contributed by atoms with Crippen LogP contribution in [0.4, 0.5) is 0 Å². The first-order chi connectivity index (χ1) is 12.9. The van der Waals surface area contributed by atoms with E-state index in [1.54, 1.807) is 36.4 Å². The topological polar surface area (TPSA) is 70.4 Å². The van der Waals surface area contributed by atoms with Crippen LogP contribution in [-0.4, -0.2) is 31.1 Å². The summed E-state index contributed by atoms with van der Waals surface area (Å²) in [7, 11) is -2.25. The zero-order valence-corrected chi connectivity index (χ0v) is 17.5. The molecule has 2 aromatic carbocycles. The lowest BCUT2D eigenvalue weighted by Gasteiger charge is -2.14. The second-order valence-electron chi connectivity index (χ2n) is 5.79. The molecule has 6 nitrogen and oxygen atoms in total. The Hall–Kier alpha value is -2.32. The van der Waals surface area contributed by atoms with Crippen LogP contribution in [0.15, 0.2) is 58.2 Å². The van der Waals surface area contributed by atoms with Gasteiger partial charge >= 0.3 is 0 Å². The van der Waals surface area contributed by atoms with Crippen molar-refractivity contribution in [2.75, 3.05) is 13.7 Å². The molecule has 1 aromatic heterocycles. The molecule has 0 N–H and O–H groups in total. The molecule has 0 aliphatic carbocycles. The van der Waals surface area contributed by atoms with E-state index in [0.717, 1.165) is 5.56 Å². The van der Waals surface area contributed by atoms with Crippen LogP contribution in [0.1, 0.15) is 12.5 Å². The van der Waals surface area contributed by atoms with Crippen LogP contribution < -0.4 is 9.47 Å². The summed E-state index contributed by atoms with van der Waals surface area (Å²) in [4.78, 5) is 4.45. The van der Waals surface area contributed by atoms with Crippen molar-refractivity contribution in [2.24, 2.45) is 0 Å². The third kappa shape index (κ3) is 3.72. The standard InChI is InChI=1S/C19H19BrN2O4S/c1-4-26-18-16(20)11-14(12-17(18)25-3)19-21-9-10-22(19)27(23,24)15-7-5-13(2)6-8-15/h5-12H,4H2,1-3H3. The summed E-state index contributed by atoms with van der Waals surface area (Å²) in [6, 6.07) is 10.2. The van der Waals surface area contributed by atoms with Gasteiger partial charge in [-0.3, -0.25) is 0 Å². The Balaban J connectivity index is 2.13. The van der Waals surface area contributed by atoms with E-state index in [1.807, 2.05) is 13.8 Å². The lowest BCUT2D eigenvalue weighted by molar-refractivity contribution is 0.309. The predicted molar refractivity (Wildman–Crippen MR) is 107 cm³/mol. The summed E-state index contributed by atoms with van der Waals surface area (Å²) in [5, 5.41) is 0. The Morgan fingerprint density at radius 1 is 1.19 bits per heavy atom. The average molecular weight is 451 g/mol. The molecule has 142 valence electrons. The van der Waals surface area contributed by atoms with Gasteiger partial charge in [-0.25, -0.2) is 17.4 Å². The van der Waals surface area contributed by atoms with E-state index in [2.05, 4.69) is 20.9 Å². The summed E-state index contributed by atoms with van der Waals surface area (Å²) < 4.78 is 38.9. The third-order valence-corrected chi connectivity index (χ3v) is 6.23. The van der Waals surface area contributed by atoms with Gasteiger partial charge in [-0.05, 0) is 54.0 Å². The molecule has 0 amide bonds. The van der Waals surface area contributed by atoms with Crippen molar-refractivity contribution in [3.63, 3.8) is 0 Å². The monoisotopic (exact) mass is 450 g/mol. The summed E-state index contributed by atoms with van der Waals surface area (Å²) in [6.07, 6.45) is 2.89. The SMILES string of the molecule is CCOc1c(Br)cc(-c2nccn2S(=O)(=O)c2ccc(C)cc2)cc1OC. The maximum Gasteiger partial charge on any atom is 0.269 e. The van der Waals surface area contributed by atoms with Gasteiger partial charge in [-0.15, -0.1) is 0 Å². The molecular weight excluding hydrogens is 432 g/mol. The van der Waals surface area contributed by atoms with Crippen molar-refractivity contribution < 1.29 is 17.9 Å². The second-order valence-corrected chi connectivity index (χ2v) is 8.46. The van der Waals surface area contributed by atoms with Gasteiger partial charge in [0.25, 0.3) is 10.0 Å². The number of ether oxygens (including phenoxy) is 2. The highest BCUT2D eigenvalue weighted by atomic mass is 79.9. The zero-order valence-electron chi connectivity index (χ0n) is 15.1. The van der Waals surface area contributed by atoms with Crippen molar-refractivity contribution in [1.82, 2.24) is 8.96 Å². The first kappa shape index (κ1) is 19.4. The maximum atomic E-state index is 13.1. The minimum atomic E-state index is -3.78. The third-order valence-electron chi connectivity index (χ3n) is 3.96. The van der Waals surface area contributed by atoms with Crippen molar-refractivity contribution >= 4 is 26.0 Å². The van der Waals surface area contributed by atoms with Crippen LogP contribution in [0, 0.1) is 6.92 Å². The highest BCUT2D eigenvalue weighted by Gasteiger charge is 2.22. The fourth-order valence-corrected chi connectivity index (χ4v) is 4.50. The van der Waals surface area contributed by atoms with Gasteiger partial charge in [-0.1, -0.05) is 17.7 Å². The van der Waals surface area contributed by atoms with E-state index in [1.165, 1.54) is 23.5 Å². The predicted octanol–water partition coefficient (Wildman–Crippen LogP) is 4.27. The summed E-state index contributed by atoms with van der Waals surface area (Å²) in [6.45, 7) is 4.26. The number of halogens is 1. The van der Waals surface area contributed by atoms with Gasteiger partial charge in [0.1, 0.15) is 0 Å². The Bertz CT molecular complexity index is 1060. The molecule has 0 bridgehead atoms. The van der Waals surface area contributed by atoms with E-state index < -0.39 is 10.0 Å². The molecule has 0 saturated carbocycles. The first-order valence-electron chi connectivity index (χ1n) is 8.24. The fourth-order valence-electron chi connectivity index (χ4n) is 2.64. The van der Waals surface area contributed by atoms with Gasteiger partial charge in [0.15, 0.2) is 17.3 Å². The Kier molecular flexibility index (Phi) is 5.57. The molecule has 3 rings (SSSR count). The number of aromatic nitrogens is 2. The molecule has 0 atom stereocenters. The van der Waals surface area contributed by atoms with Crippen LogP contribution in [0.25, 0.3) is 11.4 Å². The Morgan fingerprint density at radius 3 is 2.52 bits per heavy atom. The number of aryl methyl sites for hydroxylation is 1. The van der Waals surface area contributed by atoms with Gasteiger partial charge in [0.2, 0.25) is 0 Å². The van der Waals surface area contributed by atoms with Gasteiger partial charge in [0.05, 0.1) is 23.1 Å². The van der Waals surface area contributed by atoms with E-state index in [0.29, 0.717) is 28.1 Å². The largest absolute Gasteiger partial charge is 0.493 e. The molecule has 8 heteroatoms. The molecule has 0 radical (unpaired) electrons. The summed E-state index contributed by atoms with van der Waals surface area (Å²) in [5.74, 6) is 1.34. The normalized spacial score (nSPS) is 11.4. The second kappa shape index (κ2) is 7.74. The van der Waals surface area contributed by atoms with Crippen LogP contribution in [-0.2, 0) is 10.0 Å². The highest BCUT2D eigenvalue weighted by molar-refractivity contribution is 9.10. The van der Waals surface area contributed by atoms with Gasteiger partial charge in [0, 0.05) is 18.0 Å². The van der Waals surface area contributed by atoms with Crippen molar-refractivity contribution in [3.8, 4) is 22.9 Å². The number of imidazole rings is 1. The fraction of sp³-hybridized carbons (Fsp3) is 0.211. The van der Waals surface area contributed by atoms with E-state index in [-0.39, 0.29) is 10.7 Å². The molecule has 0 saturated heterocycles. The number of hydrogen-bond donors (Lipinski definition) is 0. The zero-order chi connectivity index (χ0) is 19.6. The molecule has 0 aliphatic heterocycles. The molecule has 0 spiro atoms. The van der Waals surface area contributed by atoms with Gasteiger partial charge in [-0.2, -0.15) is 0 Å². The molecule has 0 fully saturated rings. The highest BCUT2D eigenvalue weighted by Crippen LogP contribution is 2.39. The molecule has 1 heterocycles. The van der Waals surface area contributed by atoms with Crippen molar-refractivity contribution in [3.05, 3.63) is 58.8 Å². The van der Waals surface area contributed by atoms with Crippen LogP contribution in [0.3, 0.4) is 0 Å². The molecule has 3 aromatic rings. The van der Waals surface area contributed by atoms with Crippen LogP contribution >= 0.6 is 15.9 Å². The number of methoxy groups -OCH3 is 1. The Labute approximate surface area is 166 Å². The number of hydrogen-bond acceptors (Lipinski definition) is 5. The summed E-state index contributed by atoms with van der Waals surface area (Å²) >= 11 is 3.46. The van der Waals surface area contributed by atoms with Crippen molar-refractivity contribution in [1.29, 1.82) is 0 Å².